The molecule has 1 aliphatic heterocycles. The Hall–Kier alpha value is -0.440. The van der Waals surface area contributed by atoms with Crippen LogP contribution in [0.2, 0.25) is 0 Å². The van der Waals surface area contributed by atoms with Crippen LogP contribution in [0.1, 0.15) is 40.5 Å². The van der Waals surface area contributed by atoms with Crippen LogP contribution in [0.15, 0.2) is 11.6 Å². The Morgan fingerprint density at radius 1 is 1.56 bits per heavy atom. The van der Waals surface area contributed by atoms with E-state index in [2.05, 4.69) is 26.8 Å². The highest BCUT2D eigenvalue weighted by Gasteiger charge is 2.40. The van der Waals surface area contributed by atoms with Crippen molar-refractivity contribution in [3.8, 4) is 0 Å². The zero-order chi connectivity index (χ0) is 11.9. The van der Waals surface area contributed by atoms with E-state index in [4.69, 9.17) is 4.74 Å². The van der Waals surface area contributed by atoms with Gasteiger partial charge in [0.05, 0.1) is 0 Å². The third kappa shape index (κ3) is 2.02. The molecule has 0 saturated carbocycles. The Morgan fingerprint density at radius 3 is 2.69 bits per heavy atom. The lowest BCUT2D eigenvalue weighted by Crippen LogP contribution is -2.24. The largest absolute Gasteiger partial charge is 0.450 e. The number of ether oxygens (including phenoxy) is 1. The molecule has 0 aromatic rings. The molecule has 0 N–H and O–H groups in total. The van der Waals surface area contributed by atoms with E-state index in [9.17, 15) is 4.79 Å². The van der Waals surface area contributed by atoms with Crippen molar-refractivity contribution in [1.29, 1.82) is 0 Å². The summed E-state index contributed by atoms with van der Waals surface area (Å²) in [7, 11) is 0. The third-order valence-electron chi connectivity index (χ3n) is 4.16. The maximum Gasteiger partial charge on any atom is 0.320 e. The quantitative estimate of drug-likeness (QED) is 0.547. The van der Waals surface area contributed by atoms with Gasteiger partial charge in [0.25, 0.3) is 0 Å². The van der Waals surface area contributed by atoms with Crippen LogP contribution in [0.4, 0.5) is 0 Å². The van der Waals surface area contributed by atoms with Crippen LogP contribution in [-0.2, 0) is 9.53 Å². The fourth-order valence-electron chi connectivity index (χ4n) is 2.46. The van der Waals surface area contributed by atoms with Gasteiger partial charge in [-0.1, -0.05) is 25.5 Å². The summed E-state index contributed by atoms with van der Waals surface area (Å²) in [4.78, 5) is 11.3. The Balaban J connectivity index is 1.95. The van der Waals surface area contributed by atoms with Crippen LogP contribution in [0, 0.1) is 11.3 Å². The van der Waals surface area contributed by atoms with Crippen molar-refractivity contribution >= 4 is 17.7 Å². The van der Waals surface area contributed by atoms with E-state index in [1.807, 2.05) is 6.92 Å². The topological polar surface area (TPSA) is 26.3 Å². The Morgan fingerprint density at radius 2 is 2.25 bits per heavy atom. The van der Waals surface area contributed by atoms with Gasteiger partial charge in [-0.2, -0.15) is 0 Å². The first-order valence-corrected chi connectivity index (χ1v) is 6.88. The molecular formula is C13H20O2S. The first kappa shape index (κ1) is 12.0. The van der Waals surface area contributed by atoms with Crippen molar-refractivity contribution < 1.29 is 9.53 Å². The van der Waals surface area contributed by atoms with Gasteiger partial charge in [0, 0.05) is 0 Å². The summed E-state index contributed by atoms with van der Waals surface area (Å²) >= 11 is 1.67. The standard InChI is InChI=1S/C13H20O2S/c1-8-5-6-10(13(8,3)4)7-11-15-12(14)9(2)16-11/h5,9-11H,6-7H2,1-4H3. The molecule has 1 saturated heterocycles. The van der Waals surface area contributed by atoms with Crippen LogP contribution >= 0.6 is 11.8 Å². The Labute approximate surface area is 102 Å². The molecule has 2 nitrogen and oxygen atoms in total. The summed E-state index contributed by atoms with van der Waals surface area (Å²) in [5.41, 5.74) is 1.81. The van der Waals surface area contributed by atoms with E-state index in [1.165, 1.54) is 5.57 Å². The van der Waals surface area contributed by atoms with Crippen molar-refractivity contribution in [2.75, 3.05) is 0 Å². The molecule has 2 aliphatic rings. The molecule has 0 aromatic heterocycles. The van der Waals surface area contributed by atoms with E-state index < -0.39 is 0 Å². The van der Waals surface area contributed by atoms with Gasteiger partial charge >= 0.3 is 5.97 Å². The van der Waals surface area contributed by atoms with Crippen LogP contribution in [0.5, 0.6) is 0 Å². The minimum atomic E-state index is -0.0458. The molecule has 2 rings (SSSR count). The van der Waals surface area contributed by atoms with Gasteiger partial charge in [-0.15, -0.1) is 11.8 Å². The van der Waals surface area contributed by atoms with Crippen LogP contribution < -0.4 is 0 Å². The molecule has 0 radical (unpaired) electrons. The number of thioether (sulfide) groups is 1. The van der Waals surface area contributed by atoms with Gasteiger partial charge in [0.1, 0.15) is 10.7 Å². The second-order valence-corrected chi connectivity index (χ2v) is 6.93. The summed E-state index contributed by atoms with van der Waals surface area (Å²) in [6.45, 7) is 8.72. The number of hydrogen-bond donors (Lipinski definition) is 0. The molecule has 1 heterocycles. The number of carbonyl (C=O) groups excluding carboxylic acids is 1. The zero-order valence-electron chi connectivity index (χ0n) is 10.4. The van der Waals surface area contributed by atoms with Gasteiger partial charge in [-0.3, -0.25) is 4.79 Å². The van der Waals surface area contributed by atoms with Crippen molar-refractivity contribution in [3.63, 3.8) is 0 Å². The van der Waals surface area contributed by atoms with Crippen LogP contribution in [0.3, 0.4) is 0 Å². The number of esters is 1. The maximum absolute atomic E-state index is 11.3. The average molecular weight is 240 g/mol. The monoisotopic (exact) mass is 240 g/mol. The normalized spacial score (nSPS) is 37.4. The number of cyclic esters (lactones) is 1. The number of allylic oxidation sites excluding steroid dienone is 2. The molecule has 0 bridgehead atoms. The van der Waals surface area contributed by atoms with E-state index in [0.29, 0.717) is 5.92 Å². The van der Waals surface area contributed by atoms with Gasteiger partial charge in [0.2, 0.25) is 0 Å². The Bertz CT molecular complexity index is 333. The fraction of sp³-hybridized carbons (Fsp3) is 0.769. The SMILES string of the molecule is CC1=CCC(CC2OC(=O)C(C)S2)C1(C)C. The lowest BCUT2D eigenvalue weighted by atomic mass is 9.76. The summed E-state index contributed by atoms with van der Waals surface area (Å²) in [5.74, 6) is 0.568. The highest BCUT2D eigenvalue weighted by Crippen LogP contribution is 2.47. The fourth-order valence-corrected chi connectivity index (χ4v) is 3.58. The molecule has 1 fully saturated rings. The molecule has 90 valence electrons. The molecule has 3 unspecified atom stereocenters. The summed E-state index contributed by atoms with van der Waals surface area (Å²) in [6, 6.07) is 0. The first-order valence-electron chi connectivity index (χ1n) is 5.94. The van der Waals surface area contributed by atoms with Crippen molar-refractivity contribution in [2.45, 2.75) is 51.2 Å². The summed E-state index contributed by atoms with van der Waals surface area (Å²) in [6.07, 6.45) is 4.44. The van der Waals surface area contributed by atoms with Gasteiger partial charge in [-0.25, -0.2) is 0 Å². The van der Waals surface area contributed by atoms with E-state index in [-0.39, 0.29) is 22.1 Å². The number of hydrogen-bond acceptors (Lipinski definition) is 3. The predicted molar refractivity (Wildman–Crippen MR) is 67.2 cm³/mol. The molecule has 0 spiro atoms. The van der Waals surface area contributed by atoms with E-state index in [1.54, 1.807) is 11.8 Å². The summed E-state index contributed by atoms with van der Waals surface area (Å²) in [5, 5.41) is 0.0172. The van der Waals surface area contributed by atoms with Crippen molar-refractivity contribution in [3.05, 3.63) is 11.6 Å². The minimum Gasteiger partial charge on any atom is -0.450 e. The highest BCUT2D eigenvalue weighted by atomic mass is 32.2. The van der Waals surface area contributed by atoms with E-state index >= 15 is 0 Å². The molecule has 0 amide bonds. The zero-order valence-corrected chi connectivity index (χ0v) is 11.3. The van der Waals surface area contributed by atoms with Crippen LogP contribution in [-0.4, -0.2) is 16.7 Å². The van der Waals surface area contributed by atoms with Gasteiger partial charge in [-0.05, 0) is 38.0 Å². The molecular weight excluding hydrogens is 220 g/mol. The molecule has 1 aliphatic carbocycles. The van der Waals surface area contributed by atoms with E-state index in [0.717, 1.165) is 12.8 Å². The average Bonchev–Trinajstić information content (AvgIpc) is 2.62. The molecule has 3 heteroatoms. The Kier molecular flexibility index (Phi) is 3.08. The van der Waals surface area contributed by atoms with Gasteiger partial charge < -0.3 is 4.74 Å². The number of rotatable bonds is 2. The van der Waals surface area contributed by atoms with Gasteiger partial charge in [0.15, 0.2) is 0 Å². The number of carbonyl (C=O) groups is 1. The third-order valence-corrected chi connectivity index (χ3v) is 5.35. The van der Waals surface area contributed by atoms with Crippen molar-refractivity contribution in [1.82, 2.24) is 0 Å². The van der Waals surface area contributed by atoms with Crippen molar-refractivity contribution in [2.24, 2.45) is 11.3 Å². The molecule has 16 heavy (non-hydrogen) atoms. The second kappa shape index (κ2) is 4.10. The molecule has 0 aromatic carbocycles. The lowest BCUT2D eigenvalue weighted by molar-refractivity contribution is -0.142. The highest BCUT2D eigenvalue weighted by molar-refractivity contribution is 8.01. The minimum absolute atomic E-state index is 0.0172. The smallest absolute Gasteiger partial charge is 0.320 e. The predicted octanol–water partition coefficient (Wildman–Crippen LogP) is 3.37. The lowest BCUT2D eigenvalue weighted by Gasteiger charge is -2.30. The maximum atomic E-state index is 11.3. The first-order chi connectivity index (χ1) is 7.41. The summed E-state index contributed by atoms with van der Waals surface area (Å²) < 4.78 is 5.36. The molecule has 3 atom stereocenters. The van der Waals surface area contributed by atoms with Crippen LogP contribution in [0.25, 0.3) is 0 Å². The second-order valence-electron chi connectivity index (χ2n) is 5.42.